The first-order valence-corrected chi connectivity index (χ1v) is 5.48. The highest BCUT2D eigenvalue weighted by atomic mass is 16.2. The first-order valence-electron chi connectivity index (χ1n) is 5.48. The second-order valence-electron chi connectivity index (χ2n) is 3.04. The maximum absolute atomic E-state index is 10.9. The van der Waals surface area contributed by atoms with Crippen molar-refractivity contribution in [3.63, 3.8) is 0 Å². The van der Waals surface area contributed by atoms with Crippen molar-refractivity contribution in [1.29, 1.82) is 0 Å². The van der Waals surface area contributed by atoms with Crippen molar-refractivity contribution in [3.05, 3.63) is 23.3 Å². The zero-order valence-corrected chi connectivity index (χ0v) is 10.7. The molecular weight excluding hydrogens is 188 g/mol. The summed E-state index contributed by atoms with van der Waals surface area (Å²) < 4.78 is 0. The van der Waals surface area contributed by atoms with E-state index in [1.807, 2.05) is 20.8 Å². The minimum atomic E-state index is -0.414. The second-order valence-corrected chi connectivity index (χ2v) is 3.04. The topological polar surface area (TPSA) is 34.1 Å². The molecule has 0 unspecified atom stereocenters. The number of hydrogen-bond donors (Lipinski definition) is 0. The van der Waals surface area contributed by atoms with Gasteiger partial charge in [0.05, 0.1) is 0 Å². The molecule has 0 bridgehead atoms. The Labute approximate surface area is 93.1 Å². The Balaban J connectivity index is 0. The van der Waals surface area contributed by atoms with Crippen LogP contribution < -0.4 is 0 Å². The summed E-state index contributed by atoms with van der Waals surface area (Å²) in [7, 11) is 0. The fourth-order valence-corrected chi connectivity index (χ4v) is 0.765. The van der Waals surface area contributed by atoms with Crippen molar-refractivity contribution < 1.29 is 9.59 Å². The Hall–Kier alpha value is -1.18. The molecule has 0 radical (unpaired) electrons. The summed E-state index contributed by atoms with van der Waals surface area (Å²) in [5, 5.41) is 0. The highest BCUT2D eigenvalue weighted by molar-refractivity contribution is 6.48. The van der Waals surface area contributed by atoms with Gasteiger partial charge in [-0.05, 0) is 25.5 Å². The van der Waals surface area contributed by atoms with Gasteiger partial charge in [-0.2, -0.15) is 0 Å². The Morgan fingerprint density at radius 1 is 1.00 bits per heavy atom. The Morgan fingerprint density at radius 3 is 1.73 bits per heavy atom. The van der Waals surface area contributed by atoms with E-state index in [1.54, 1.807) is 13.0 Å². The van der Waals surface area contributed by atoms with E-state index >= 15 is 0 Å². The molecule has 0 heterocycles. The van der Waals surface area contributed by atoms with Gasteiger partial charge in [0.1, 0.15) is 0 Å². The number of carbonyl (C=O) groups is 2. The van der Waals surface area contributed by atoms with Gasteiger partial charge in [-0.1, -0.05) is 40.2 Å². The fraction of sp³-hybridized carbons (Fsp3) is 0.538. The monoisotopic (exact) mass is 210 g/mol. The van der Waals surface area contributed by atoms with Crippen LogP contribution in [0.5, 0.6) is 0 Å². The minimum absolute atomic E-state index is 0.375. The third kappa shape index (κ3) is 6.00. The number of allylic oxidation sites excluding steroid dienone is 4. The molecule has 2 heteroatoms. The molecule has 0 saturated heterocycles. The van der Waals surface area contributed by atoms with Gasteiger partial charge in [-0.25, -0.2) is 0 Å². The van der Waals surface area contributed by atoms with Crippen molar-refractivity contribution in [2.75, 3.05) is 0 Å². The van der Waals surface area contributed by atoms with E-state index in [1.165, 1.54) is 12.5 Å². The van der Waals surface area contributed by atoms with E-state index in [4.69, 9.17) is 0 Å². The summed E-state index contributed by atoms with van der Waals surface area (Å²) in [6, 6.07) is 0. The van der Waals surface area contributed by atoms with Gasteiger partial charge in [0.2, 0.25) is 11.6 Å². The second kappa shape index (κ2) is 9.38. The van der Waals surface area contributed by atoms with Crippen molar-refractivity contribution >= 4 is 11.6 Å². The van der Waals surface area contributed by atoms with Gasteiger partial charge in [0.15, 0.2) is 0 Å². The molecular formula is C13H22O2. The highest BCUT2D eigenvalue weighted by Gasteiger charge is 2.17. The minimum Gasteiger partial charge on any atom is -0.286 e. The van der Waals surface area contributed by atoms with E-state index in [9.17, 15) is 9.59 Å². The molecule has 0 aromatic rings. The molecule has 1 aliphatic rings. The predicted molar refractivity (Wildman–Crippen MR) is 64.8 cm³/mol. The number of ketones is 2. The Bertz CT molecular complexity index is 270. The van der Waals surface area contributed by atoms with E-state index in [-0.39, 0.29) is 5.78 Å². The van der Waals surface area contributed by atoms with E-state index in [2.05, 4.69) is 13.8 Å². The first kappa shape index (κ1) is 16.3. The fourth-order valence-electron chi connectivity index (χ4n) is 0.765. The summed E-state index contributed by atoms with van der Waals surface area (Å²) >= 11 is 0. The number of rotatable bonds is 0. The average molecular weight is 210 g/mol. The molecule has 0 aromatic carbocycles. The van der Waals surface area contributed by atoms with Crippen LogP contribution in [0.3, 0.4) is 0 Å². The largest absolute Gasteiger partial charge is 0.286 e. The van der Waals surface area contributed by atoms with Gasteiger partial charge >= 0.3 is 0 Å². The molecule has 0 spiro atoms. The van der Waals surface area contributed by atoms with E-state index in [0.717, 1.165) is 5.57 Å². The van der Waals surface area contributed by atoms with Gasteiger partial charge in [0, 0.05) is 5.57 Å². The van der Waals surface area contributed by atoms with Crippen LogP contribution in [-0.2, 0) is 9.59 Å². The van der Waals surface area contributed by atoms with Crippen LogP contribution in [0, 0.1) is 0 Å². The van der Waals surface area contributed by atoms with Crippen LogP contribution in [0.4, 0.5) is 0 Å². The van der Waals surface area contributed by atoms with Crippen molar-refractivity contribution in [2.45, 2.75) is 48.0 Å². The van der Waals surface area contributed by atoms with Crippen molar-refractivity contribution in [3.8, 4) is 0 Å². The highest BCUT2D eigenvalue weighted by Crippen LogP contribution is 2.11. The molecule has 0 amide bonds. The van der Waals surface area contributed by atoms with Crippen molar-refractivity contribution in [1.82, 2.24) is 0 Å². The van der Waals surface area contributed by atoms with Crippen LogP contribution in [0.15, 0.2) is 23.3 Å². The smallest absolute Gasteiger partial charge is 0.228 e. The third-order valence-electron chi connectivity index (χ3n) is 1.64. The lowest BCUT2D eigenvalue weighted by Crippen LogP contribution is -2.16. The molecule has 1 rings (SSSR count). The molecule has 86 valence electrons. The predicted octanol–water partition coefficient (Wildman–Crippen LogP) is 3.47. The Morgan fingerprint density at radius 2 is 1.40 bits per heavy atom. The van der Waals surface area contributed by atoms with Crippen molar-refractivity contribution in [2.24, 2.45) is 0 Å². The number of carbonyl (C=O) groups excluding carboxylic acids is 2. The molecule has 0 fully saturated rings. The van der Waals surface area contributed by atoms with Crippen LogP contribution in [0.2, 0.25) is 0 Å². The molecule has 1 aliphatic carbocycles. The van der Waals surface area contributed by atoms with Crippen LogP contribution in [-0.4, -0.2) is 11.6 Å². The quantitative estimate of drug-likeness (QED) is 0.453. The summed E-state index contributed by atoms with van der Waals surface area (Å²) in [4.78, 5) is 21.6. The van der Waals surface area contributed by atoms with E-state index < -0.39 is 5.78 Å². The lowest BCUT2D eigenvalue weighted by molar-refractivity contribution is -0.131. The van der Waals surface area contributed by atoms with Crippen LogP contribution in [0.25, 0.3) is 0 Å². The first-order chi connectivity index (χ1) is 7.04. The molecule has 0 atom stereocenters. The lowest BCUT2D eigenvalue weighted by atomic mass is 9.98. The number of Topliss-reactive ketones (excluding diaryl/α,β-unsaturated/α-hetero) is 1. The standard InChI is InChI=1S/C8H8O2.C3H8.C2H6/c1-5-3-4-7(9)8(10)6(5)2;1-3-2;1-2/h3-4H,1-2H3;3H2,1-2H3;1-2H3. The molecule has 0 N–H and O–H groups in total. The normalized spacial score (nSPS) is 14.0. The molecule has 0 aromatic heterocycles. The van der Waals surface area contributed by atoms with E-state index in [0.29, 0.717) is 5.57 Å². The molecule has 15 heavy (non-hydrogen) atoms. The zero-order valence-electron chi connectivity index (χ0n) is 10.7. The summed E-state index contributed by atoms with van der Waals surface area (Å²) in [6.07, 6.45) is 4.23. The van der Waals surface area contributed by atoms with Gasteiger partial charge in [-0.15, -0.1) is 0 Å². The maximum atomic E-state index is 10.9. The molecule has 0 saturated carbocycles. The average Bonchev–Trinajstić information content (AvgIpc) is 2.25. The third-order valence-corrected chi connectivity index (χ3v) is 1.64. The Kier molecular flexibility index (Phi) is 10.2. The lowest BCUT2D eigenvalue weighted by Gasteiger charge is -2.04. The van der Waals surface area contributed by atoms with Crippen LogP contribution in [0.1, 0.15) is 48.0 Å². The SMILES string of the molecule is CC.CC1=C(C)C(=O)C(=O)C=C1.CCC. The van der Waals surface area contributed by atoms with Gasteiger partial charge in [0.25, 0.3) is 0 Å². The maximum Gasteiger partial charge on any atom is 0.228 e. The zero-order chi connectivity index (χ0) is 12.4. The number of hydrogen-bond acceptors (Lipinski definition) is 2. The van der Waals surface area contributed by atoms with Crippen LogP contribution >= 0.6 is 0 Å². The summed E-state index contributed by atoms with van der Waals surface area (Å²) in [5.41, 5.74) is 1.44. The molecule has 0 aliphatic heterocycles. The molecule has 2 nitrogen and oxygen atoms in total. The summed E-state index contributed by atoms with van der Waals surface area (Å²) in [6.45, 7) is 11.7. The van der Waals surface area contributed by atoms with Gasteiger partial charge < -0.3 is 0 Å². The van der Waals surface area contributed by atoms with Gasteiger partial charge in [-0.3, -0.25) is 9.59 Å². The summed E-state index contributed by atoms with van der Waals surface area (Å²) in [5.74, 6) is -0.789.